The van der Waals surface area contributed by atoms with E-state index in [4.69, 9.17) is 22.1 Å². The summed E-state index contributed by atoms with van der Waals surface area (Å²) in [7, 11) is -3.93. The number of rotatable bonds is 12. The lowest BCUT2D eigenvalue weighted by atomic mass is 9.75. The van der Waals surface area contributed by atoms with Crippen LogP contribution in [0.5, 0.6) is 0 Å². The molecule has 3 N–H and O–H groups in total. The zero-order valence-electron chi connectivity index (χ0n) is 27.0. The normalized spacial score (nSPS) is 20.0. The molecule has 0 saturated heterocycles. The van der Waals surface area contributed by atoms with Crippen LogP contribution in [0.1, 0.15) is 76.8 Å². The van der Waals surface area contributed by atoms with Crippen LogP contribution in [0.2, 0.25) is 5.02 Å². The molecule has 0 bridgehead atoms. The third kappa shape index (κ3) is 7.27. The average Bonchev–Trinajstić information content (AvgIpc) is 3.82. The van der Waals surface area contributed by atoms with Crippen LogP contribution in [0, 0.1) is 11.6 Å². The number of carbonyl (C=O) groups excluding carboxylic acids is 2. The van der Waals surface area contributed by atoms with Crippen LogP contribution in [0.3, 0.4) is 0 Å². The van der Waals surface area contributed by atoms with Crippen molar-refractivity contribution in [2.45, 2.75) is 95.5 Å². The van der Waals surface area contributed by atoms with Gasteiger partial charge in [0.05, 0.1) is 29.2 Å². The molecule has 2 aromatic rings. The number of nitrogens with zero attached hydrogens (tertiary/aromatic N) is 2. The Labute approximate surface area is 280 Å². The van der Waals surface area contributed by atoms with E-state index >= 15 is 0 Å². The van der Waals surface area contributed by atoms with Crippen molar-refractivity contribution in [1.82, 2.24) is 14.5 Å². The van der Waals surface area contributed by atoms with Crippen molar-refractivity contribution in [2.24, 2.45) is 5.73 Å². The third-order valence-corrected chi connectivity index (χ3v) is 11.7. The Morgan fingerprint density at radius 1 is 1.11 bits per heavy atom. The summed E-state index contributed by atoms with van der Waals surface area (Å²) < 4.78 is 64.9. The molecule has 1 heterocycles. The van der Waals surface area contributed by atoms with Gasteiger partial charge in [0.1, 0.15) is 17.7 Å². The molecule has 9 nitrogen and oxygen atoms in total. The van der Waals surface area contributed by atoms with Crippen LogP contribution >= 0.6 is 11.6 Å². The van der Waals surface area contributed by atoms with Crippen molar-refractivity contribution >= 4 is 38.3 Å². The molecule has 0 aromatic heterocycles. The fraction of sp³-hybridized carbons (Fsp3) is 0.529. The molecule has 2 aliphatic carbocycles. The maximum absolute atomic E-state index is 14.5. The van der Waals surface area contributed by atoms with Gasteiger partial charge in [0.25, 0.3) is 0 Å². The van der Waals surface area contributed by atoms with Crippen LogP contribution < -0.4 is 11.1 Å². The standard InChI is InChI=1S/C34H43ClF2N4O5S/c1-4-40(31(42)29(39-32(43)33(2,3)38)21-46-20-25-27(36)9-8-10-28(25)37)19-26-30(22-11-13-23(35)14-12-22)47(44,45)41(24-15-16-24)34(26)17-6-5-7-18-34/h8-14,24,29H,4-7,15-21,38H2,1-3H3,(H,39,43). The van der Waals surface area contributed by atoms with Crippen LogP contribution in [0.15, 0.2) is 48.0 Å². The zero-order chi connectivity index (χ0) is 34.1. The molecule has 2 saturated carbocycles. The molecular weight excluding hydrogens is 650 g/mol. The smallest absolute Gasteiger partial charge is 0.247 e. The van der Waals surface area contributed by atoms with E-state index in [-0.39, 0.29) is 29.6 Å². The largest absolute Gasteiger partial charge is 0.374 e. The predicted molar refractivity (Wildman–Crippen MR) is 176 cm³/mol. The summed E-state index contributed by atoms with van der Waals surface area (Å²) in [4.78, 5) is 29.0. The third-order valence-electron chi connectivity index (χ3n) is 9.26. The second-order valence-corrected chi connectivity index (χ2v) is 15.4. The Balaban J connectivity index is 1.52. The van der Waals surface area contributed by atoms with Crippen LogP contribution in [0.4, 0.5) is 8.78 Å². The first-order chi connectivity index (χ1) is 22.2. The number of hydrogen-bond donors (Lipinski definition) is 2. The minimum atomic E-state index is -3.93. The Morgan fingerprint density at radius 3 is 2.28 bits per heavy atom. The van der Waals surface area contributed by atoms with Crippen LogP contribution in [-0.4, -0.2) is 72.3 Å². The van der Waals surface area contributed by atoms with Crippen molar-refractivity contribution in [2.75, 3.05) is 19.7 Å². The summed E-state index contributed by atoms with van der Waals surface area (Å²) in [5.74, 6) is -2.74. The molecule has 1 spiro atoms. The fourth-order valence-corrected chi connectivity index (χ4v) is 9.39. The van der Waals surface area contributed by atoms with E-state index in [1.807, 2.05) is 0 Å². The van der Waals surface area contributed by atoms with Gasteiger partial charge in [0.15, 0.2) is 0 Å². The van der Waals surface area contributed by atoms with E-state index in [0.717, 1.165) is 44.2 Å². The Bertz CT molecular complexity index is 1610. The molecule has 1 unspecified atom stereocenters. The van der Waals surface area contributed by atoms with Crippen molar-refractivity contribution in [3.8, 4) is 0 Å². The van der Waals surface area contributed by atoms with Gasteiger partial charge < -0.3 is 20.7 Å². The van der Waals surface area contributed by atoms with Gasteiger partial charge in [-0.25, -0.2) is 17.2 Å². The molecule has 2 aromatic carbocycles. The van der Waals surface area contributed by atoms with E-state index in [2.05, 4.69) is 5.32 Å². The topological polar surface area (TPSA) is 122 Å². The molecule has 1 aliphatic heterocycles. The Morgan fingerprint density at radius 2 is 1.72 bits per heavy atom. The lowest BCUT2D eigenvalue weighted by molar-refractivity contribution is -0.139. The maximum Gasteiger partial charge on any atom is 0.247 e. The molecule has 2 amide bonds. The summed E-state index contributed by atoms with van der Waals surface area (Å²) in [6.45, 7) is 4.07. The van der Waals surface area contributed by atoms with Crippen molar-refractivity contribution in [3.63, 3.8) is 0 Å². The number of carbonyl (C=O) groups is 2. The molecule has 3 aliphatic rings. The minimum absolute atomic E-state index is 0.00390. The first-order valence-corrected chi connectivity index (χ1v) is 18.0. The highest BCUT2D eigenvalue weighted by molar-refractivity contribution is 7.99. The number of amides is 2. The average molecular weight is 693 g/mol. The Kier molecular flexibility index (Phi) is 10.5. The quantitative estimate of drug-likeness (QED) is 0.318. The number of hydrogen-bond acceptors (Lipinski definition) is 6. The SMILES string of the molecule is CCN(CC1=C(c2ccc(Cl)cc2)S(=O)(=O)N(C2CC2)C12CCCCC2)C(=O)C(COCc1c(F)cccc1F)NC(=O)C(C)(C)N. The summed E-state index contributed by atoms with van der Waals surface area (Å²) in [6, 6.07) is 8.79. The zero-order valence-corrected chi connectivity index (χ0v) is 28.6. The summed E-state index contributed by atoms with van der Waals surface area (Å²) in [5.41, 5.74) is 4.77. The minimum Gasteiger partial charge on any atom is -0.374 e. The van der Waals surface area contributed by atoms with E-state index in [1.165, 1.54) is 24.8 Å². The van der Waals surface area contributed by atoms with Crippen molar-refractivity contribution in [1.29, 1.82) is 0 Å². The predicted octanol–water partition coefficient (Wildman–Crippen LogP) is 5.13. The Hall–Kier alpha value is -2.90. The molecule has 2 fully saturated rings. The molecular formula is C34H43ClF2N4O5S. The molecule has 13 heteroatoms. The number of ether oxygens (including phenoxy) is 1. The van der Waals surface area contributed by atoms with Crippen molar-refractivity contribution < 1.29 is 31.5 Å². The number of nitrogens with two attached hydrogens (primary N) is 1. The van der Waals surface area contributed by atoms with Gasteiger partial charge in [-0.2, -0.15) is 4.31 Å². The lowest BCUT2D eigenvalue weighted by Crippen LogP contribution is -2.58. The number of nitrogens with one attached hydrogen (secondary N) is 1. The highest BCUT2D eigenvalue weighted by Crippen LogP contribution is 2.56. The number of halogens is 3. The van der Waals surface area contributed by atoms with Gasteiger partial charge in [0.2, 0.25) is 21.8 Å². The summed E-state index contributed by atoms with van der Waals surface area (Å²) in [5, 5.41) is 3.13. The molecule has 47 heavy (non-hydrogen) atoms. The van der Waals surface area contributed by atoms with E-state index < -0.39 is 63.8 Å². The highest BCUT2D eigenvalue weighted by Gasteiger charge is 2.60. The first kappa shape index (κ1) is 35.4. The van der Waals surface area contributed by atoms with Gasteiger partial charge >= 0.3 is 0 Å². The lowest BCUT2D eigenvalue weighted by Gasteiger charge is -2.43. The number of likely N-dealkylation sites (N-methyl/N-ethyl adjacent to an activating group) is 1. The van der Waals surface area contributed by atoms with Gasteiger partial charge in [-0.05, 0) is 81.9 Å². The number of benzene rings is 2. The van der Waals surface area contributed by atoms with E-state index in [1.54, 1.807) is 35.5 Å². The fourth-order valence-electron chi connectivity index (χ4n) is 6.71. The van der Waals surface area contributed by atoms with E-state index in [0.29, 0.717) is 29.0 Å². The second-order valence-electron chi connectivity index (χ2n) is 13.3. The molecule has 0 radical (unpaired) electrons. The summed E-state index contributed by atoms with van der Waals surface area (Å²) >= 11 is 6.19. The van der Waals surface area contributed by atoms with Gasteiger partial charge in [-0.15, -0.1) is 0 Å². The van der Waals surface area contributed by atoms with Crippen LogP contribution in [-0.2, 0) is 31.0 Å². The summed E-state index contributed by atoms with van der Waals surface area (Å²) in [6.07, 6.45) is 5.52. The maximum atomic E-state index is 14.5. The number of sulfonamides is 1. The van der Waals surface area contributed by atoms with Gasteiger partial charge in [0, 0.05) is 29.7 Å². The first-order valence-electron chi connectivity index (χ1n) is 16.1. The van der Waals surface area contributed by atoms with Gasteiger partial charge in [-0.3, -0.25) is 9.59 Å². The molecule has 5 rings (SSSR count). The van der Waals surface area contributed by atoms with Crippen LogP contribution in [0.25, 0.3) is 4.91 Å². The second kappa shape index (κ2) is 13.9. The van der Waals surface area contributed by atoms with Crippen molar-refractivity contribution in [3.05, 3.63) is 75.8 Å². The molecule has 256 valence electrons. The molecule has 1 atom stereocenters. The highest BCUT2D eigenvalue weighted by atomic mass is 35.5. The van der Waals surface area contributed by atoms with E-state index in [9.17, 15) is 26.8 Å². The van der Waals surface area contributed by atoms with Gasteiger partial charge in [-0.1, -0.05) is 49.1 Å². The monoisotopic (exact) mass is 692 g/mol.